The van der Waals surface area contributed by atoms with Gasteiger partial charge in [-0.3, -0.25) is 0 Å². The Balaban J connectivity index is 0.000000810. The molecular formula is C6H6CoO2P+. The Morgan fingerprint density at radius 2 is 1.70 bits per heavy atom. The van der Waals surface area contributed by atoms with Crippen LogP contribution in [0.3, 0.4) is 0 Å². The molecule has 1 N–H and O–H groups in total. The largest absolute Gasteiger partial charge is 0.546 e. The normalized spacial score (nSPS) is 9.90. The van der Waals surface area contributed by atoms with Crippen LogP contribution in [-0.4, -0.2) is 4.89 Å². The quantitative estimate of drug-likeness (QED) is 0.687. The maximum atomic E-state index is 10.3. The van der Waals surface area contributed by atoms with Gasteiger partial charge in [-0.2, -0.15) is 4.89 Å². The second-order valence-corrected chi connectivity index (χ2v) is 2.67. The molecule has 1 unspecified atom stereocenters. The zero-order valence-corrected chi connectivity index (χ0v) is 6.96. The fraction of sp³-hybridized carbons (Fsp3) is 0. The first-order chi connectivity index (χ1) is 4.30. The molecule has 0 heterocycles. The van der Waals surface area contributed by atoms with Gasteiger partial charge in [0.15, 0.2) is 0 Å². The van der Waals surface area contributed by atoms with E-state index in [0.717, 1.165) is 0 Å². The summed E-state index contributed by atoms with van der Waals surface area (Å²) in [5.74, 6) is 0. The van der Waals surface area contributed by atoms with Gasteiger partial charge < -0.3 is 0 Å². The summed E-state index contributed by atoms with van der Waals surface area (Å²) in [5, 5.41) is 0.479. The predicted octanol–water partition coefficient (Wildman–Crippen LogP) is 1.04. The first-order valence-electron chi connectivity index (χ1n) is 2.52. The zero-order valence-electron chi connectivity index (χ0n) is 5.02. The molecule has 55 valence electrons. The summed E-state index contributed by atoms with van der Waals surface area (Å²) >= 11 is 0. The van der Waals surface area contributed by atoms with Crippen LogP contribution in [-0.2, 0) is 21.3 Å². The van der Waals surface area contributed by atoms with Crippen molar-refractivity contribution in [1.29, 1.82) is 0 Å². The van der Waals surface area contributed by atoms with Crippen molar-refractivity contribution in [2.45, 2.75) is 0 Å². The molecule has 10 heavy (non-hydrogen) atoms. The maximum absolute atomic E-state index is 10.3. The zero-order chi connectivity index (χ0) is 6.69. The molecule has 0 aliphatic rings. The average Bonchev–Trinajstić information content (AvgIpc) is 1.90. The fourth-order valence-corrected chi connectivity index (χ4v) is 0.983. The summed E-state index contributed by atoms with van der Waals surface area (Å²) < 4.78 is 10.3. The molecule has 0 spiro atoms. The summed E-state index contributed by atoms with van der Waals surface area (Å²) in [4.78, 5) is 8.53. The smallest absolute Gasteiger partial charge is 0.156 e. The van der Waals surface area contributed by atoms with Crippen molar-refractivity contribution in [1.82, 2.24) is 0 Å². The van der Waals surface area contributed by atoms with Crippen molar-refractivity contribution in [3.8, 4) is 0 Å². The van der Waals surface area contributed by atoms with Gasteiger partial charge in [0.25, 0.3) is 0 Å². The molecule has 4 heteroatoms. The number of hydrogen-bond donors (Lipinski definition) is 1. The third-order valence-corrected chi connectivity index (χ3v) is 1.72. The number of benzene rings is 1. The van der Waals surface area contributed by atoms with E-state index in [-0.39, 0.29) is 16.8 Å². The molecule has 0 amide bonds. The van der Waals surface area contributed by atoms with Gasteiger partial charge in [0.1, 0.15) is 0 Å². The van der Waals surface area contributed by atoms with Crippen LogP contribution in [0.1, 0.15) is 0 Å². The molecule has 0 fully saturated rings. The van der Waals surface area contributed by atoms with E-state index in [0.29, 0.717) is 5.30 Å². The molecule has 1 atom stereocenters. The van der Waals surface area contributed by atoms with Gasteiger partial charge in [-0.05, 0) is 16.7 Å². The van der Waals surface area contributed by atoms with Gasteiger partial charge in [0.05, 0.1) is 0 Å². The second-order valence-electron chi connectivity index (χ2n) is 1.61. The van der Waals surface area contributed by atoms with Gasteiger partial charge in [-0.1, -0.05) is 18.2 Å². The van der Waals surface area contributed by atoms with E-state index < -0.39 is 8.03 Å². The molecule has 0 saturated heterocycles. The van der Waals surface area contributed by atoms with Gasteiger partial charge in [0, 0.05) is 16.8 Å². The van der Waals surface area contributed by atoms with E-state index in [1.165, 1.54) is 0 Å². The maximum Gasteiger partial charge on any atom is 0.546 e. The minimum atomic E-state index is -2.15. The summed E-state index contributed by atoms with van der Waals surface area (Å²) in [6.45, 7) is 0. The minimum absolute atomic E-state index is 0. The molecular weight excluding hydrogens is 194 g/mol. The molecule has 1 rings (SSSR count). The van der Waals surface area contributed by atoms with Crippen LogP contribution in [0, 0.1) is 0 Å². The predicted molar refractivity (Wildman–Crippen MR) is 35.9 cm³/mol. The Labute approximate surface area is 70.3 Å². The van der Waals surface area contributed by atoms with Crippen molar-refractivity contribution in [2.24, 2.45) is 0 Å². The SMILES string of the molecule is O=[P+](O)c1ccccc1.[Co]. The van der Waals surface area contributed by atoms with Crippen LogP contribution >= 0.6 is 8.03 Å². The van der Waals surface area contributed by atoms with Crippen LogP contribution < -0.4 is 5.30 Å². The van der Waals surface area contributed by atoms with Crippen molar-refractivity contribution in [3.63, 3.8) is 0 Å². The third-order valence-electron chi connectivity index (χ3n) is 0.977. The first kappa shape index (κ1) is 9.79. The molecule has 0 bridgehead atoms. The van der Waals surface area contributed by atoms with Crippen LogP contribution in [0.25, 0.3) is 0 Å². The molecule has 1 radical (unpaired) electrons. The monoisotopic (exact) mass is 200 g/mol. The van der Waals surface area contributed by atoms with Crippen LogP contribution in [0.5, 0.6) is 0 Å². The summed E-state index contributed by atoms with van der Waals surface area (Å²) in [7, 11) is -2.15. The Kier molecular flexibility index (Phi) is 4.48. The van der Waals surface area contributed by atoms with E-state index in [1.807, 2.05) is 6.07 Å². The van der Waals surface area contributed by atoms with Gasteiger partial charge in [0.2, 0.25) is 5.30 Å². The van der Waals surface area contributed by atoms with E-state index >= 15 is 0 Å². The molecule has 1 aromatic carbocycles. The molecule has 0 aliphatic carbocycles. The van der Waals surface area contributed by atoms with E-state index in [9.17, 15) is 4.57 Å². The van der Waals surface area contributed by atoms with Crippen molar-refractivity contribution in [3.05, 3.63) is 30.3 Å². The average molecular weight is 200 g/mol. The van der Waals surface area contributed by atoms with E-state index in [1.54, 1.807) is 24.3 Å². The van der Waals surface area contributed by atoms with Crippen molar-refractivity contribution < 1.29 is 26.2 Å². The van der Waals surface area contributed by atoms with Crippen molar-refractivity contribution >= 4 is 13.3 Å². The molecule has 0 aromatic heterocycles. The third kappa shape index (κ3) is 2.58. The van der Waals surface area contributed by atoms with Gasteiger partial charge in [-0.15, -0.1) is 0 Å². The van der Waals surface area contributed by atoms with Gasteiger partial charge in [-0.25, -0.2) is 0 Å². The van der Waals surface area contributed by atoms with Crippen molar-refractivity contribution in [2.75, 3.05) is 0 Å². The van der Waals surface area contributed by atoms with Crippen LogP contribution in [0.4, 0.5) is 0 Å². The fourth-order valence-electron chi connectivity index (χ4n) is 0.556. The second kappa shape index (κ2) is 4.58. The van der Waals surface area contributed by atoms with Crippen LogP contribution in [0.2, 0.25) is 0 Å². The summed E-state index contributed by atoms with van der Waals surface area (Å²) in [6, 6.07) is 8.53. The van der Waals surface area contributed by atoms with Crippen LogP contribution in [0.15, 0.2) is 30.3 Å². The number of hydrogen-bond acceptors (Lipinski definition) is 1. The Bertz CT molecular complexity index is 212. The van der Waals surface area contributed by atoms with E-state index in [2.05, 4.69) is 0 Å². The Morgan fingerprint density at radius 3 is 2.00 bits per heavy atom. The Hall–Kier alpha value is -0.214. The van der Waals surface area contributed by atoms with E-state index in [4.69, 9.17) is 4.89 Å². The first-order valence-corrected chi connectivity index (χ1v) is 3.73. The molecule has 1 aromatic rings. The van der Waals surface area contributed by atoms with Gasteiger partial charge >= 0.3 is 8.03 Å². The number of rotatable bonds is 1. The molecule has 2 nitrogen and oxygen atoms in total. The summed E-state index contributed by atoms with van der Waals surface area (Å²) in [5.41, 5.74) is 0. The Morgan fingerprint density at radius 1 is 1.20 bits per heavy atom. The molecule has 0 saturated carbocycles. The summed E-state index contributed by atoms with van der Waals surface area (Å²) in [6.07, 6.45) is 0. The molecule has 0 aliphatic heterocycles. The minimum Gasteiger partial charge on any atom is -0.156 e. The topological polar surface area (TPSA) is 37.3 Å². The standard InChI is InChI=1S/C6H5O2P.Co/c7-9(8)6-4-2-1-3-5-6;/h1-5H;/p+1.